The zero-order valence-electron chi connectivity index (χ0n) is 17.4. The summed E-state index contributed by atoms with van der Waals surface area (Å²) in [5, 5.41) is 4.62. The van der Waals surface area contributed by atoms with Crippen LogP contribution in [0.2, 0.25) is 0 Å². The molecule has 2 aliphatic rings. The SMILES string of the molecule is Cc1nc2cc([C@H]3CC[C@H](C(F)(F)F)CC3)nn2c(C2CN(C=O)CC(F)(F)C2)c1C. The zero-order chi connectivity index (χ0) is 22.6. The Morgan fingerprint density at radius 1 is 1.13 bits per heavy atom. The molecule has 0 N–H and O–H groups in total. The molecule has 1 atom stereocenters. The van der Waals surface area contributed by atoms with Crippen molar-refractivity contribution in [2.45, 2.75) is 69.9 Å². The van der Waals surface area contributed by atoms with E-state index in [1.807, 2.05) is 0 Å². The molecule has 10 heteroatoms. The molecule has 1 amide bonds. The third-order valence-corrected chi connectivity index (χ3v) is 6.73. The van der Waals surface area contributed by atoms with Crippen molar-refractivity contribution in [2.75, 3.05) is 13.1 Å². The summed E-state index contributed by atoms with van der Waals surface area (Å²) in [4.78, 5) is 16.8. The normalized spacial score (nSPS) is 26.9. The van der Waals surface area contributed by atoms with Crippen molar-refractivity contribution in [3.05, 3.63) is 28.7 Å². The minimum atomic E-state index is -4.18. The second-order valence-electron chi connectivity index (χ2n) is 8.93. The van der Waals surface area contributed by atoms with Gasteiger partial charge in [-0.2, -0.15) is 18.3 Å². The Bertz CT molecular complexity index is 978. The average Bonchev–Trinajstić information content (AvgIpc) is 3.10. The number of fused-ring (bicyclic) bond motifs is 1. The van der Waals surface area contributed by atoms with Crippen LogP contribution in [0.4, 0.5) is 22.0 Å². The maximum atomic E-state index is 14.3. The Kier molecular flexibility index (Phi) is 5.46. The van der Waals surface area contributed by atoms with E-state index in [4.69, 9.17) is 0 Å². The Morgan fingerprint density at radius 3 is 2.42 bits per heavy atom. The predicted molar refractivity (Wildman–Crippen MR) is 103 cm³/mol. The molecule has 31 heavy (non-hydrogen) atoms. The second kappa shape index (κ2) is 7.70. The first-order valence-electron chi connectivity index (χ1n) is 10.5. The number of amides is 1. The van der Waals surface area contributed by atoms with Crippen LogP contribution in [0.25, 0.3) is 5.65 Å². The van der Waals surface area contributed by atoms with E-state index in [2.05, 4.69) is 10.1 Å². The monoisotopic (exact) mass is 444 g/mol. The van der Waals surface area contributed by atoms with Gasteiger partial charge >= 0.3 is 6.18 Å². The smallest absolute Gasteiger partial charge is 0.339 e. The van der Waals surface area contributed by atoms with Gasteiger partial charge in [0.15, 0.2) is 5.65 Å². The van der Waals surface area contributed by atoms with Gasteiger partial charge in [-0.05, 0) is 45.1 Å². The van der Waals surface area contributed by atoms with E-state index in [9.17, 15) is 26.7 Å². The van der Waals surface area contributed by atoms with Gasteiger partial charge < -0.3 is 4.90 Å². The topological polar surface area (TPSA) is 50.5 Å². The summed E-state index contributed by atoms with van der Waals surface area (Å²) in [7, 11) is 0. The predicted octanol–water partition coefficient (Wildman–Crippen LogP) is 4.76. The molecule has 2 fully saturated rings. The third kappa shape index (κ3) is 4.25. The summed E-state index contributed by atoms with van der Waals surface area (Å²) in [5.74, 6) is -5.02. The van der Waals surface area contributed by atoms with Crippen LogP contribution in [-0.4, -0.2) is 51.1 Å². The van der Waals surface area contributed by atoms with Crippen molar-refractivity contribution < 1.29 is 26.7 Å². The van der Waals surface area contributed by atoms with E-state index in [0.29, 0.717) is 42.0 Å². The van der Waals surface area contributed by atoms with Crippen LogP contribution < -0.4 is 0 Å². The molecule has 2 aromatic heterocycles. The van der Waals surface area contributed by atoms with E-state index in [0.717, 1.165) is 10.5 Å². The van der Waals surface area contributed by atoms with Crippen molar-refractivity contribution >= 4 is 12.1 Å². The largest absolute Gasteiger partial charge is 0.391 e. The van der Waals surface area contributed by atoms with Gasteiger partial charge in [-0.15, -0.1) is 0 Å². The van der Waals surface area contributed by atoms with Crippen LogP contribution in [0.5, 0.6) is 0 Å². The van der Waals surface area contributed by atoms with Gasteiger partial charge in [-0.1, -0.05) is 0 Å². The highest BCUT2D eigenvalue weighted by Crippen LogP contribution is 2.43. The fraction of sp³-hybridized carbons (Fsp3) is 0.667. The van der Waals surface area contributed by atoms with Crippen LogP contribution in [-0.2, 0) is 4.79 Å². The van der Waals surface area contributed by atoms with E-state index in [-0.39, 0.29) is 25.3 Å². The number of piperidine rings is 1. The van der Waals surface area contributed by atoms with Gasteiger partial charge in [0.2, 0.25) is 6.41 Å². The number of alkyl halides is 5. The molecule has 1 aliphatic heterocycles. The van der Waals surface area contributed by atoms with Crippen LogP contribution in [0.1, 0.15) is 66.6 Å². The first-order valence-corrected chi connectivity index (χ1v) is 10.5. The number of nitrogens with zero attached hydrogens (tertiary/aromatic N) is 4. The molecule has 1 aliphatic carbocycles. The molecule has 1 saturated heterocycles. The second-order valence-corrected chi connectivity index (χ2v) is 8.93. The molecule has 4 rings (SSSR count). The summed E-state index contributed by atoms with van der Waals surface area (Å²) >= 11 is 0. The fourth-order valence-corrected chi connectivity index (χ4v) is 5.04. The lowest BCUT2D eigenvalue weighted by atomic mass is 9.80. The molecule has 170 valence electrons. The summed E-state index contributed by atoms with van der Waals surface area (Å²) in [6.45, 7) is 3.14. The van der Waals surface area contributed by atoms with Crippen molar-refractivity contribution in [1.29, 1.82) is 0 Å². The molecular weight excluding hydrogens is 419 g/mol. The Balaban J connectivity index is 1.68. The summed E-state index contributed by atoms with van der Waals surface area (Å²) in [5.41, 5.74) is 3.15. The molecule has 3 heterocycles. The Labute approximate surface area is 176 Å². The molecule has 0 bridgehead atoms. The van der Waals surface area contributed by atoms with Gasteiger partial charge in [0, 0.05) is 36.6 Å². The van der Waals surface area contributed by atoms with Gasteiger partial charge in [0.1, 0.15) is 0 Å². The number of carbonyl (C=O) groups is 1. The number of hydrogen-bond donors (Lipinski definition) is 0. The van der Waals surface area contributed by atoms with E-state index in [1.54, 1.807) is 24.4 Å². The van der Waals surface area contributed by atoms with Crippen molar-refractivity contribution in [1.82, 2.24) is 19.5 Å². The number of aryl methyl sites for hydroxylation is 1. The number of rotatable bonds is 3. The van der Waals surface area contributed by atoms with E-state index >= 15 is 0 Å². The maximum Gasteiger partial charge on any atom is 0.391 e. The quantitative estimate of drug-likeness (QED) is 0.507. The van der Waals surface area contributed by atoms with Gasteiger partial charge in [-0.3, -0.25) is 4.79 Å². The average molecular weight is 444 g/mol. The summed E-state index contributed by atoms with van der Waals surface area (Å²) in [6.07, 6.45) is -3.27. The Hall–Kier alpha value is -2.26. The summed E-state index contributed by atoms with van der Waals surface area (Å²) in [6, 6.07) is 1.76. The van der Waals surface area contributed by atoms with E-state index < -0.39 is 36.9 Å². The van der Waals surface area contributed by atoms with Gasteiger partial charge in [0.25, 0.3) is 5.92 Å². The van der Waals surface area contributed by atoms with Gasteiger partial charge in [-0.25, -0.2) is 18.3 Å². The van der Waals surface area contributed by atoms with E-state index in [1.165, 1.54) is 0 Å². The first kappa shape index (κ1) is 22.0. The number of halogens is 5. The third-order valence-electron chi connectivity index (χ3n) is 6.73. The minimum absolute atomic E-state index is 0.0590. The number of aromatic nitrogens is 3. The lowest BCUT2D eigenvalue weighted by Crippen LogP contribution is -2.46. The van der Waals surface area contributed by atoms with Crippen molar-refractivity contribution in [3.8, 4) is 0 Å². The zero-order valence-corrected chi connectivity index (χ0v) is 17.4. The van der Waals surface area contributed by atoms with Gasteiger partial charge in [0.05, 0.1) is 23.9 Å². The fourth-order valence-electron chi connectivity index (χ4n) is 5.04. The Morgan fingerprint density at radius 2 is 1.81 bits per heavy atom. The van der Waals surface area contributed by atoms with Crippen molar-refractivity contribution in [2.24, 2.45) is 5.92 Å². The molecule has 1 saturated carbocycles. The molecule has 2 aromatic rings. The number of carbonyl (C=O) groups excluding carboxylic acids is 1. The molecule has 1 unspecified atom stereocenters. The highest BCUT2D eigenvalue weighted by molar-refractivity contribution is 5.50. The highest BCUT2D eigenvalue weighted by atomic mass is 19.4. The number of hydrogen-bond acceptors (Lipinski definition) is 3. The number of likely N-dealkylation sites (tertiary alicyclic amines) is 1. The van der Waals surface area contributed by atoms with Crippen LogP contribution in [0, 0.1) is 19.8 Å². The van der Waals surface area contributed by atoms with Crippen LogP contribution >= 0.6 is 0 Å². The lowest BCUT2D eigenvalue weighted by Gasteiger charge is -2.36. The lowest BCUT2D eigenvalue weighted by molar-refractivity contribution is -0.182. The van der Waals surface area contributed by atoms with Crippen LogP contribution in [0.15, 0.2) is 6.07 Å². The highest BCUT2D eigenvalue weighted by Gasteiger charge is 2.43. The first-order chi connectivity index (χ1) is 14.5. The summed E-state index contributed by atoms with van der Waals surface area (Å²) < 4.78 is 69.1. The minimum Gasteiger partial charge on any atom is -0.339 e. The molecular formula is C21H25F5N4O. The molecule has 0 spiro atoms. The van der Waals surface area contributed by atoms with Crippen molar-refractivity contribution in [3.63, 3.8) is 0 Å². The maximum absolute atomic E-state index is 14.3. The van der Waals surface area contributed by atoms with Crippen LogP contribution in [0.3, 0.4) is 0 Å². The molecule has 0 radical (unpaired) electrons. The standard InChI is InChI=1S/C21H25F5N4O/c1-12-13(2)27-18-7-17(14-3-5-16(6-4-14)21(24,25)26)28-30(18)19(12)15-8-20(22,23)10-29(9-15)11-31/h7,11,14-16H,3-6,8-10H2,1-2H3/t14-,15?,16-. The molecule has 5 nitrogen and oxygen atoms in total. The molecule has 0 aromatic carbocycles.